The Labute approximate surface area is 106 Å². The van der Waals surface area contributed by atoms with Crippen molar-refractivity contribution in [3.8, 4) is 0 Å². The molecule has 2 heterocycles. The second kappa shape index (κ2) is 4.74. The number of carbonyl (C=O) groups is 1. The van der Waals surface area contributed by atoms with Crippen molar-refractivity contribution in [1.82, 2.24) is 15.2 Å². The zero-order chi connectivity index (χ0) is 12.4. The predicted molar refractivity (Wildman–Crippen MR) is 70.0 cm³/mol. The third-order valence-electron chi connectivity index (χ3n) is 3.23. The Balaban J connectivity index is 1.88. The number of nitrogens with zero attached hydrogens (tertiary/aromatic N) is 2. The molecule has 0 spiro atoms. The lowest BCUT2D eigenvalue weighted by Gasteiger charge is -2.26. The third kappa shape index (κ3) is 2.19. The van der Waals surface area contributed by atoms with E-state index in [1.165, 1.54) is 5.56 Å². The lowest BCUT2D eigenvalue weighted by Crippen LogP contribution is -2.47. The van der Waals surface area contributed by atoms with Crippen molar-refractivity contribution in [2.45, 2.75) is 6.54 Å². The summed E-state index contributed by atoms with van der Waals surface area (Å²) in [6.07, 6.45) is 1.81. The van der Waals surface area contributed by atoms with E-state index >= 15 is 0 Å². The highest BCUT2D eigenvalue weighted by molar-refractivity contribution is 5.82. The van der Waals surface area contributed by atoms with Crippen molar-refractivity contribution in [1.29, 1.82) is 0 Å². The third-order valence-corrected chi connectivity index (χ3v) is 3.23. The van der Waals surface area contributed by atoms with Crippen molar-refractivity contribution in [3.63, 3.8) is 0 Å². The number of fused-ring (bicyclic) bond motifs is 1. The first-order valence-electron chi connectivity index (χ1n) is 6.14. The van der Waals surface area contributed by atoms with E-state index in [9.17, 15) is 4.79 Å². The maximum absolute atomic E-state index is 11.4. The zero-order valence-electron chi connectivity index (χ0n) is 10.1. The number of piperazine rings is 1. The van der Waals surface area contributed by atoms with Crippen molar-refractivity contribution < 1.29 is 4.79 Å². The van der Waals surface area contributed by atoms with Gasteiger partial charge in [-0.3, -0.25) is 14.7 Å². The van der Waals surface area contributed by atoms with Gasteiger partial charge in [0.25, 0.3) is 0 Å². The van der Waals surface area contributed by atoms with Crippen molar-refractivity contribution in [2.75, 3.05) is 19.6 Å². The maximum atomic E-state index is 11.4. The van der Waals surface area contributed by atoms with E-state index in [2.05, 4.69) is 33.4 Å². The average molecular weight is 241 g/mol. The van der Waals surface area contributed by atoms with Gasteiger partial charge < -0.3 is 5.32 Å². The summed E-state index contributed by atoms with van der Waals surface area (Å²) in [5.41, 5.74) is 2.22. The van der Waals surface area contributed by atoms with E-state index in [1.54, 1.807) is 0 Å². The number of hydrogen-bond acceptors (Lipinski definition) is 3. The highest BCUT2D eigenvalue weighted by Crippen LogP contribution is 2.17. The molecule has 4 nitrogen and oxygen atoms in total. The first-order valence-corrected chi connectivity index (χ1v) is 6.14. The number of para-hydroxylation sites is 1. The van der Waals surface area contributed by atoms with E-state index < -0.39 is 0 Å². The van der Waals surface area contributed by atoms with Gasteiger partial charge in [0.05, 0.1) is 12.1 Å². The molecule has 1 aliphatic rings. The molecule has 1 amide bonds. The van der Waals surface area contributed by atoms with Crippen molar-refractivity contribution >= 4 is 16.8 Å². The van der Waals surface area contributed by atoms with Crippen LogP contribution in [0.15, 0.2) is 36.5 Å². The number of rotatable bonds is 2. The Morgan fingerprint density at radius 1 is 1.28 bits per heavy atom. The lowest BCUT2D eigenvalue weighted by atomic mass is 10.1. The van der Waals surface area contributed by atoms with Crippen LogP contribution in [-0.4, -0.2) is 35.4 Å². The summed E-state index contributed by atoms with van der Waals surface area (Å²) in [7, 11) is 0. The van der Waals surface area contributed by atoms with Crippen LogP contribution in [0, 0.1) is 0 Å². The van der Waals surface area contributed by atoms with Gasteiger partial charge in [0, 0.05) is 31.2 Å². The van der Waals surface area contributed by atoms with Crippen LogP contribution in [0.2, 0.25) is 0 Å². The fraction of sp³-hybridized carbons (Fsp3) is 0.286. The number of aromatic nitrogens is 1. The Kier molecular flexibility index (Phi) is 2.94. The van der Waals surface area contributed by atoms with E-state index in [0.29, 0.717) is 6.54 Å². The molecule has 1 fully saturated rings. The fourth-order valence-corrected chi connectivity index (χ4v) is 2.36. The minimum atomic E-state index is 0.106. The van der Waals surface area contributed by atoms with Gasteiger partial charge >= 0.3 is 0 Å². The molecule has 0 aliphatic carbocycles. The minimum absolute atomic E-state index is 0.106. The van der Waals surface area contributed by atoms with Gasteiger partial charge in [-0.15, -0.1) is 0 Å². The molecule has 92 valence electrons. The predicted octanol–water partition coefficient (Wildman–Crippen LogP) is 1.17. The van der Waals surface area contributed by atoms with Crippen molar-refractivity contribution in [3.05, 3.63) is 42.1 Å². The van der Waals surface area contributed by atoms with Crippen LogP contribution < -0.4 is 5.32 Å². The molecular weight excluding hydrogens is 226 g/mol. The quantitative estimate of drug-likeness (QED) is 0.858. The highest BCUT2D eigenvalue weighted by Gasteiger charge is 2.16. The molecule has 1 aromatic heterocycles. The molecule has 18 heavy (non-hydrogen) atoms. The average Bonchev–Trinajstić information content (AvgIpc) is 2.39. The van der Waals surface area contributed by atoms with Gasteiger partial charge in [-0.25, -0.2) is 0 Å². The molecule has 3 rings (SSSR count). The number of nitrogens with one attached hydrogen (secondary N) is 1. The van der Waals surface area contributed by atoms with Crippen LogP contribution in [-0.2, 0) is 11.3 Å². The number of carbonyl (C=O) groups excluding carboxylic acids is 1. The molecule has 1 N–H and O–H groups in total. The zero-order valence-corrected chi connectivity index (χ0v) is 10.1. The smallest absolute Gasteiger partial charge is 0.234 e. The van der Waals surface area contributed by atoms with Crippen LogP contribution in [0.3, 0.4) is 0 Å². The largest absolute Gasteiger partial charge is 0.354 e. The molecule has 1 aromatic carbocycles. The van der Waals surface area contributed by atoms with Crippen LogP contribution in [0.5, 0.6) is 0 Å². The van der Waals surface area contributed by atoms with Crippen LogP contribution in [0.1, 0.15) is 5.56 Å². The molecule has 4 heteroatoms. The molecule has 1 saturated heterocycles. The Morgan fingerprint density at radius 3 is 3.06 bits per heavy atom. The fourth-order valence-electron chi connectivity index (χ4n) is 2.36. The molecule has 0 saturated carbocycles. The normalized spacial score (nSPS) is 16.8. The summed E-state index contributed by atoms with van der Waals surface area (Å²) in [5, 5.41) is 3.99. The van der Waals surface area contributed by atoms with Crippen LogP contribution in [0.25, 0.3) is 10.9 Å². The summed E-state index contributed by atoms with van der Waals surface area (Å²) in [6, 6.07) is 10.2. The summed E-state index contributed by atoms with van der Waals surface area (Å²) in [5.74, 6) is 0.106. The van der Waals surface area contributed by atoms with Gasteiger partial charge in [-0.05, 0) is 11.6 Å². The second-order valence-electron chi connectivity index (χ2n) is 4.55. The van der Waals surface area contributed by atoms with E-state index in [-0.39, 0.29) is 5.91 Å². The highest BCUT2D eigenvalue weighted by atomic mass is 16.2. The number of hydrogen-bond donors (Lipinski definition) is 1. The number of benzene rings is 1. The molecule has 0 unspecified atom stereocenters. The topological polar surface area (TPSA) is 45.2 Å². The van der Waals surface area contributed by atoms with E-state index in [4.69, 9.17) is 0 Å². The Hall–Kier alpha value is -1.94. The molecule has 0 atom stereocenters. The van der Waals surface area contributed by atoms with Crippen LogP contribution in [0.4, 0.5) is 0 Å². The molecule has 1 aliphatic heterocycles. The molecular formula is C14H15N3O. The second-order valence-corrected chi connectivity index (χ2v) is 4.55. The maximum Gasteiger partial charge on any atom is 0.234 e. The van der Waals surface area contributed by atoms with Gasteiger partial charge in [0.15, 0.2) is 0 Å². The first kappa shape index (κ1) is 11.2. The number of amides is 1. The van der Waals surface area contributed by atoms with E-state index in [0.717, 1.165) is 30.5 Å². The summed E-state index contributed by atoms with van der Waals surface area (Å²) in [4.78, 5) is 18.0. The molecule has 0 bridgehead atoms. The van der Waals surface area contributed by atoms with Gasteiger partial charge in [0.1, 0.15) is 0 Å². The Morgan fingerprint density at radius 2 is 2.17 bits per heavy atom. The van der Waals surface area contributed by atoms with Gasteiger partial charge in [0.2, 0.25) is 5.91 Å². The van der Waals surface area contributed by atoms with E-state index in [1.807, 2.05) is 18.3 Å². The Bertz CT molecular complexity index is 577. The van der Waals surface area contributed by atoms with Crippen molar-refractivity contribution in [2.24, 2.45) is 0 Å². The summed E-state index contributed by atoms with van der Waals surface area (Å²) < 4.78 is 0. The molecule has 0 radical (unpaired) electrons. The first-order chi connectivity index (χ1) is 8.83. The molecule has 2 aromatic rings. The van der Waals surface area contributed by atoms with Gasteiger partial charge in [-0.2, -0.15) is 0 Å². The SMILES string of the molecule is O=C1CN(Cc2cccc3cccnc23)CCN1. The number of pyridine rings is 1. The monoisotopic (exact) mass is 241 g/mol. The summed E-state index contributed by atoms with van der Waals surface area (Å²) in [6.45, 7) is 2.89. The van der Waals surface area contributed by atoms with Gasteiger partial charge in [-0.1, -0.05) is 24.3 Å². The van der Waals surface area contributed by atoms with Crippen LogP contribution >= 0.6 is 0 Å². The minimum Gasteiger partial charge on any atom is -0.354 e. The lowest BCUT2D eigenvalue weighted by molar-refractivity contribution is -0.124. The summed E-state index contributed by atoms with van der Waals surface area (Å²) >= 11 is 0. The standard InChI is InChI=1S/C14H15N3O/c18-13-10-17(8-7-15-13)9-12-4-1-3-11-5-2-6-16-14(11)12/h1-6H,7-10H2,(H,15,18).